The molecule has 14 heavy (non-hydrogen) atoms. The third-order valence-corrected chi connectivity index (χ3v) is 3.67. The van der Waals surface area contributed by atoms with Crippen LogP contribution in [-0.2, 0) is 0 Å². The Morgan fingerprint density at radius 1 is 1.43 bits per heavy atom. The predicted molar refractivity (Wildman–Crippen MR) is 60.6 cm³/mol. The van der Waals surface area contributed by atoms with E-state index >= 15 is 0 Å². The van der Waals surface area contributed by atoms with E-state index in [-0.39, 0.29) is 0 Å². The van der Waals surface area contributed by atoms with Gasteiger partial charge in [0, 0.05) is 37.3 Å². The van der Waals surface area contributed by atoms with E-state index in [1.54, 1.807) is 0 Å². The van der Waals surface area contributed by atoms with Crippen LogP contribution in [-0.4, -0.2) is 37.1 Å². The Balaban J connectivity index is 1.97. The summed E-state index contributed by atoms with van der Waals surface area (Å²) in [5, 5.41) is 4.45. The summed E-state index contributed by atoms with van der Waals surface area (Å²) in [6.45, 7) is 6.95. The fourth-order valence-electron chi connectivity index (χ4n) is 2.56. The summed E-state index contributed by atoms with van der Waals surface area (Å²) in [6, 6.07) is 0.722. The van der Waals surface area contributed by atoms with Crippen LogP contribution in [0.2, 0.25) is 0 Å². The third-order valence-electron chi connectivity index (χ3n) is 3.35. The summed E-state index contributed by atoms with van der Waals surface area (Å²) in [6.07, 6.45) is 4.54. The Kier molecular flexibility index (Phi) is 3.47. The summed E-state index contributed by atoms with van der Waals surface area (Å²) in [7, 11) is 0. The molecule has 0 bridgehead atoms. The zero-order valence-corrected chi connectivity index (χ0v) is 9.56. The van der Waals surface area contributed by atoms with Gasteiger partial charge in [-0.05, 0) is 18.8 Å². The molecule has 0 spiro atoms. The second-order valence-corrected chi connectivity index (χ2v) is 4.85. The van der Waals surface area contributed by atoms with Gasteiger partial charge in [-0.25, -0.2) is 0 Å². The Hall–Kier alpha value is -0.0500. The molecule has 1 fully saturated rings. The van der Waals surface area contributed by atoms with Crippen LogP contribution < -0.4 is 5.32 Å². The van der Waals surface area contributed by atoms with E-state index in [4.69, 9.17) is 11.6 Å². The van der Waals surface area contributed by atoms with E-state index in [1.807, 2.05) is 0 Å². The zero-order chi connectivity index (χ0) is 9.97. The van der Waals surface area contributed by atoms with Gasteiger partial charge in [0.1, 0.15) is 0 Å². The van der Waals surface area contributed by atoms with Crippen molar-refractivity contribution in [3.05, 3.63) is 11.1 Å². The van der Waals surface area contributed by atoms with Crippen molar-refractivity contribution in [2.45, 2.75) is 25.8 Å². The average molecular weight is 215 g/mol. The van der Waals surface area contributed by atoms with Gasteiger partial charge in [0.2, 0.25) is 0 Å². The molecule has 1 aliphatic heterocycles. The van der Waals surface area contributed by atoms with Crippen molar-refractivity contribution in [1.82, 2.24) is 10.2 Å². The molecule has 2 nitrogen and oxygen atoms in total. The highest BCUT2D eigenvalue weighted by Gasteiger charge is 2.27. The molecule has 0 saturated carbocycles. The average Bonchev–Trinajstić information content (AvgIpc) is 2.19. The molecule has 1 aliphatic carbocycles. The lowest BCUT2D eigenvalue weighted by atomic mass is 9.90. The van der Waals surface area contributed by atoms with Crippen molar-refractivity contribution >= 4 is 11.6 Å². The maximum Gasteiger partial charge on any atom is 0.0160 e. The summed E-state index contributed by atoms with van der Waals surface area (Å²) in [5.74, 6) is 0.620. The fourth-order valence-corrected chi connectivity index (χ4v) is 2.87. The molecule has 80 valence electrons. The molecule has 0 amide bonds. The number of piperazine rings is 1. The molecule has 2 aliphatic rings. The molecular formula is C11H19ClN2. The van der Waals surface area contributed by atoms with E-state index in [0.29, 0.717) is 5.92 Å². The van der Waals surface area contributed by atoms with Gasteiger partial charge in [0.25, 0.3) is 0 Å². The fraction of sp³-hybridized carbons (Fsp3) is 0.818. The quantitative estimate of drug-likeness (QED) is 0.717. The van der Waals surface area contributed by atoms with Gasteiger partial charge in [-0.3, -0.25) is 4.90 Å². The first-order valence-electron chi connectivity index (χ1n) is 5.58. The van der Waals surface area contributed by atoms with Crippen LogP contribution in [0.1, 0.15) is 19.8 Å². The Bertz CT molecular complexity index is 221. The number of nitrogens with zero attached hydrogens (tertiary/aromatic N) is 1. The molecule has 2 rings (SSSR count). The second kappa shape index (κ2) is 4.65. The monoisotopic (exact) mass is 214 g/mol. The smallest absolute Gasteiger partial charge is 0.0160 e. The molecule has 0 aromatic heterocycles. The number of allylic oxidation sites excluding steroid dienone is 1. The third kappa shape index (κ3) is 2.30. The minimum atomic E-state index is 0.620. The first-order valence-corrected chi connectivity index (χ1v) is 5.96. The Morgan fingerprint density at radius 3 is 2.79 bits per heavy atom. The molecular weight excluding hydrogens is 196 g/mol. The maximum atomic E-state index is 6.05. The van der Waals surface area contributed by atoms with Gasteiger partial charge in [-0.2, -0.15) is 0 Å². The first kappa shape index (κ1) is 10.5. The summed E-state index contributed by atoms with van der Waals surface area (Å²) < 4.78 is 0. The SMILES string of the molecule is CC1C=C(Cl)CCC1N1CCNCC1. The van der Waals surface area contributed by atoms with Crippen molar-refractivity contribution in [3.8, 4) is 0 Å². The molecule has 1 saturated heterocycles. The van der Waals surface area contributed by atoms with Crippen molar-refractivity contribution in [3.63, 3.8) is 0 Å². The topological polar surface area (TPSA) is 15.3 Å². The molecule has 1 heterocycles. The maximum absolute atomic E-state index is 6.05. The molecule has 0 aromatic rings. The standard InChI is InChI=1S/C11H19ClN2/c1-9-8-10(12)2-3-11(9)14-6-4-13-5-7-14/h8-9,11,13H,2-7H2,1H3. The second-order valence-electron chi connectivity index (χ2n) is 4.36. The molecule has 3 heteroatoms. The Labute approximate surface area is 91.3 Å². The van der Waals surface area contributed by atoms with Gasteiger partial charge in [0.05, 0.1) is 0 Å². The van der Waals surface area contributed by atoms with E-state index in [9.17, 15) is 0 Å². The van der Waals surface area contributed by atoms with Crippen LogP contribution in [0, 0.1) is 5.92 Å². The molecule has 2 unspecified atom stereocenters. The summed E-state index contributed by atoms with van der Waals surface area (Å²) in [4.78, 5) is 2.61. The Morgan fingerprint density at radius 2 is 2.14 bits per heavy atom. The normalized spacial score (nSPS) is 35.4. The van der Waals surface area contributed by atoms with Gasteiger partial charge in [0.15, 0.2) is 0 Å². The van der Waals surface area contributed by atoms with E-state index in [1.165, 1.54) is 19.5 Å². The van der Waals surface area contributed by atoms with Gasteiger partial charge >= 0.3 is 0 Å². The molecule has 0 radical (unpaired) electrons. The van der Waals surface area contributed by atoms with Crippen LogP contribution >= 0.6 is 11.6 Å². The zero-order valence-electron chi connectivity index (χ0n) is 8.80. The van der Waals surface area contributed by atoms with Crippen molar-refractivity contribution in [2.24, 2.45) is 5.92 Å². The van der Waals surface area contributed by atoms with Gasteiger partial charge in [-0.1, -0.05) is 24.6 Å². The van der Waals surface area contributed by atoms with Crippen LogP contribution in [0.4, 0.5) is 0 Å². The van der Waals surface area contributed by atoms with Crippen molar-refractivity contribution in [1.29, 1.82) is 0 Å². The lowest BCUT2D eigenvalue weighted by Gasteiger charge is -2.39. The lowest BCUT2D eigenvalue weighted by Crippen LogP contribution is -2.50. The molecule has 1 N–H and O–H groups in total. The number of halogens is 1. The lowest BCUT2D eigenvalue weighted by molar-refractivity contribution is 0.134. The van der Waals surface area contributed by atoms with Crippen LogP contribution in [0.5, 0.6) is 0 Å². The highest BCUT2D eigenvalue weighted by molar-refractivity contribution is 6.29. The highest BCUT2D eigenvalue weighted by atomic mass is 35.5. The van der Waals surface area contributed by atoms with Crippen LogP contribution in [0.15, 0.2) is 11.1 Å². The van der Waals surface area contributed by atoms with Gasteiger partial charge < -0.3 is 5.32 Å². The van der Waals surface area contributed by atoms with E-state index < -0.39 is 0 Å². The summed E-state index contributed by atoms with van der Waals surface area (Å²) >= 11 is 6.05. The van der Waals surface area contributed by atoms with Gasteiger partial charge in [-0.15, -0.1) is 0 Å². The highest BCUT2D eigenvalue weighted by Crippen LogP contribution is 2.28. The predicted octanol–water partition coefficient (Wildman–Crippen LogP) is 1.81. The minimum Gasteiger partial charge on any atom is -0.314 e. The van der Waals surface area contributed by atoms with E-state index in [0.717, 1.165) is 30.6 Å². The van der Waals surface area contributed by atoms with Crippen molar-refractivity contribution in [2.75, 3.05) is 26.2 Å². The molecule has 0 aromatic carbocycles. The van der Waals surface area contributed by atoms with Crippen LogP contribution in [0.3, 0.4) is 0 Å². The summed E-state index contributed by atoms with van der Waals surface area (Å²) in [5.41, 5.74) is 0. The van der Waals surface area contributed by atoms with E-state index in [2.05, 4.69) is 23.2 Å². The minimum absolute atomic E-state index is 0.620. The number of hydrogen-bond donors (Lipinski definition) is 1. The van der Waals surface area contributed by atoms with Crippen LogP contribution in [0.25, 0.3) is 0 Å². The van der Waals surface area contributed by atoms with Crippen molar-refractivity contribution < 1.29 is 0 Å². The first-order chi connectivity index (χ1) is 6.77. The molecule has 2 atom stereocenters. The number of rotatable bonds is 1. The largest absolute Gasteiger partial charge is 0.314 e. The number of hydrogen-bond acceptors (Lipinski definition) is 2. The number of nitrogens with one attached hydrogen (secondary N) is 1.